The number of urea groups is 1. The molecule has 1 saturated heterocycles. The Morgan fingerprint density at radius 3 is 3.00 bits per heavy atom. The minimum absolute atomic E-state index is 0.177. The zero-order valence-corrected chi connectivity index (χ0v) is 16.7. The third-order valence-electron chi connectivity index (χ3n) is 4.73. The van der Waals surface area contributed by atoms with Crippen molar-refractivity contribution in [3.8, 4) is 5.75 Å². The van der Waals surface area contributed by atoms with E-state index in [-0.39, 0.29) is 18.6 Å². The molecule has 1 aliphatic rings. The van der Waals surface area contributed by atoms with E-state index in [1.54, 1.807) is 4.90 Å². The number of amides is 2. The van der Waals surface area contributed by atoms with Gasteiger partial charge in [-0.25, -0.2) is 4.79 Å². The molecule has 0 aliphatic carbocycles. The lowest BCUT2D eigenvalue weighted by Crippen LogP contribution is -2.46. The molecule has 1 aliphatic heterocycles. The highest BCUT2D eigenvalue weighted by Crippen LogP contribution is 2.29. The van der Waals surface area contributed by atoms with Gasteiger partial charge >= 0.3 is 12.0 Å². The molecule has 2 amide bonds. The van der Waals surface area contributed by atoms with Gasteiger partial charge in [-0.3, -0.25) is 4.79 Å². The molecule has 3 rings (SSSR count). The smallest absolute Gasteiger partial charge is 0.325 e. The fraction of sp³-hybridized carbons (Fsp3) is 0.500. The summed E-state index contributed by atoms with van der Waals surface area (Å²) >= 11 is 0. The number of benzene rings is 1. The maximum atomic E-state index is 12.5. The van der Waals surface area contributed by atoms with Crippen molar-refractivity contribution in [1.29, 1.82) is 0 Å². The molecule has 2 heterocycles. The van der Waals surface area contributed by atoms with Gasteiger partial charge in [-0.1, -0.05) is 17.3 Å². The van der Waals surface area contributed by atoms with Crippen LogP contribution in [0.4, 0.5) is 4.79 Å². The molecule has 9 heteroatoms. The van der Waals surface area contributed by atoms with Crippen molar-refractivity contribution in [2.75, 3.05) is 26.8 Å². The fourth-order valence-electron chi connectivity index (χ4n) is 3.22. The van der Waals surface area contributed by atoms with Crippen molar-refractivity contribution in [3.05, 3.63) is 41.5 Å². The van der Waals surface area contributed by atoms with Gasteiger partial charge in [-0.2, -0.15) is 4.98 Å². The minimum atomic E-state index is -0.499. The van der Waals surface area contributed by atoms with Crippen molar-refractivity contribution in [3.63, 3.8) is 0 Å². The topological polar surface area (TPSA) is 107 Å². The van der Waals surface area contributed by atoms with Crippen LogP contribution in [0.2, 0.25) is 0 Å². The third-order valence-corrected chi connectivity index (χ3v) is 4.73. The summed E-state index contributed by atoms with van der Waals surface area (Å²) in [6.07, 6.45) is 3.07. The van der Waals surface area contributed by atoms with Gasteiger partial charge in [0.2, 0.25) is 5.89 Å². The van der Waals surface area contributed by atoms with Gasteiger partial charge < -0.3 is 24.2 Å². The molecule has 1 fully saturated rings. The Bertz CT molecular complexity index is 838. The second-order valence-electron chi connectivity index (χ2n) is 6.90. The van der Waals surface area contributed by atoms with E-state index in [1.807, 2.05) is 31.2 Å². The Morgan fingerprint density at radius 1 is 1.34 bits per heavy atom. The number of hydrogen-bond donors (Lipinski definition) is 1. The standard InChI is InChI=1S/C20H26N4O5/c1-14-6-5-7-15(12-14)28-11-9-17-22-19(29-23-17)16-8-3-4-10-24(16)20(26)21-13-18(25)27-2/h5-7,12,16H,3-4,8-11,13H2,1-2H3,(H,21,26). The van der Waals surface area contributed by atoms with Gasteiger partial charge in [-0.15, -0.1) is 0 Å². The number of aryl methyl sites for hydroxylation is 1. The molecule has 29 heavy (non-hydrogen) atoms. The lowest BCUT2D eigenvalue weighted by molar-refractivity contribution is -0.139. The zero-order valence-electron chi connectivity index (χ0n) is 16.7. The molecular weight excluding hydrogens is 376 g/mol. The monoisotopic (exact) mass is 402 g/mol. The molecule has 1 atom stereocenters. The second kappa shape index (κ2) is 9.90. The first-order valence-electron chi connectivity index (χ1n) is 9.70. The Morgan fingerprint density at radius 2 is 2.21 bits per heavy atom. The Balaban J connectivity index is 1.56. The summed E-state index contributed by atoms with van der Waals surface area (Å²) in [6.45, 7) is 2.82. The zero-order chi connectivity index (χ0) is 20.6. The molecule has 0 radical (unpaired) electrons. The van der Waals surface area contributed by atoms with E-state index in [2.05, 4.69) is 20.2 Å². The Kier molecular flexibility index (Phi) is 7.04. The van der Waals surface area contributed by atoms with Crippen LogP contribution < -0.4 is 10.1 Å². The summed E-state index contributed by atoms with van der Waals surface area (Å²) in [7, 11) is 1.28. The summed E-state index contributed by atoms with van der Waals surface area (Å²) in [5, 5.41) is 6.59. The number of rotatable bonds is 7. The van der Waals surface area contributed by atoms with Crippen molar-refractivity contribution in [2.45, 2.75) is 38.6 Å². The summed E-state index contributed by atoms with van der Waals surface area (Å²) < 4.78 is 15.7. The largest absolute Gasteiger partial charge is 0.493 e. The molecule has 0 saturated carbocycles. The number of methoxy groups -OCH3 is 1. The number of carbonyl (C=O) groups is 2. The molecule has 1 N–H and O–H groups in total. The number of piperidine rings is 1. The average Bonchev–Trinajstić information content (AvgIpc) is 3.20. The number of hydrogen-bond acceptors (Lipinski definition) is 7. The van der Waals surface area contributed by atoms with Crippen molar-refractivity contribution in [2.24, 2.45) is 0 Å². The van der Waals surface area contributed by atoms with Gasteiger partial charge in [0.25, 0.3) is 0 Å². The van der Waals surface area contributed by atoms with Crippen LogP contribution in [-0.2, 0) is 16.0 Å². The Hall–Kier alpha value is -3.10. The van der Waals surface area contributed by atoms with E-state index >= 15 is 0 Å². The summed E-state index contributed by atoms with van der Waals surface area (Å²) in [5.74, 6) is 1.24. The molecule has 156 valence electrons. The normalized spacial score (nSPS) is 16.3. The van der Waals surface area contributed by atoms with Crippen molar-refractivity contribution in [1.82, 2.24) is 20.4 Å². The van der Waals surface area contributed by atoms with E-state index < -0.39 is 5.97 Å². The van der Waals surface area contributed by atoms with Gasteiger partial charge in [-0.05, 0) is 43.9 Å². The van der Waals surface area contributed by atoms with Crippen LogP contribution in [-0.4, -0.2) is 53.8 Å². The van der Waals surface area contributed by atoms with Gasteiger partial charge in [0.1, 0.15) is 18.3 Å². The molecule has 0 bridgehead atoms. The van der Waals surface area contributed by atoms with Crippen LogP contribution in [0.15, 0.2) is 28.8 Å². The average molecular weight is 402 g/mol. The second-order valence-corrected chi connectivity index (χ2v) is 6.90. The highest BCUT2D eigenvalue weighted by Gasteiger charge is 2.32. The molecule has 2 aromatic rings. The molecular formula is C20H26N4O5. The number of nitrogens with one attached hydrogen (secondary N) is 1. The first-order valence-corrected chi connectivity index (χ1v) is 9.70. The highest BCUT2D eigenvalue weighted by atomic mass is 16.5. The van der Waals surface area contributed by atoms with Gasteiger partial charge in [0.15, 0.2) is 5.82 Å². The first-order chi connectivity index (χ1) is 14.1. The lowest BCUT2D eigenvalue weighted by atomic mass is 10.0. The molecule has 1 aromatic carbocycles. The van der Waals surface area contributed by atoms with Crippen LogP contribution in [0.1, 0.15) is 42.6 Å². The summed E-state index contributed by atoms with van der Waals surface area (Å²) in [4.78, 5) is 29.8. The van der Waals surface area contributed by atoms with Crippen LogP contribution in [0.25, 0.3) is 0 Å². The minimum Gasteiger partial charge on any atom is -0.493 e. The van der Waals surface area contributed by atoms with Crippen LogP contribution in [0.3, 0.4) is 0 Å². The SMILES string of the molecule is COC(=O)CNC(=O)N1CCCCC1c1nc(CCOc2cccc(C)c2)no1. The number of nitrogens with zero attached hydrogens (tertiary/aromatic N) is 3. The van der Waals surface area contributed by atoms with E-state index in [4.69, 9.17) is 9.26 Å². The summed E-state index contributed by atoms with van der Waals surface area (Å²) in [6, 6.07) is 7.17. The number of likely N-dealkylation sites (tertiary alicyclic amines) is 1. The van der Waals surface area contributed by atoms with Crippen LogP contribution in [0.5, 0.6) is 5.75 Å². The predicted octanol–water partition coefficient (Wildman–Crippen LogP) is 2.41. The molecule has 1 unspecified atom stereocenters. The van der Waals surface area contributed by atoms with E-state index in [0.29, 0.717) is 31.3 Å². The van der Waals surface area contributed by atoms with Crippen molar-refractivity contribution < 1.29 is 23.6 Å². The maximum Gasteiger partial charge on any atom is 0.325 e. The van der Waals surface area contributed by atoms with Crippen molar-refractivity contribution >= 4 is 12.0 Å². The van der Waals surface area contributed by atoms with E-state index in [1.165, 1.54) is 7.11 Å². The highest BCUT2D eigenvalue weighted by molar-refractivity contribution is 5.81. The van der Waals surface area contributed by atoms with Crippen LogP contribution in [0, 0.1) is 6.92 Å². The first kappa shape index (κ1) is 20.6. The fourth-order valence-corrected chi connectivity index (χ4v) is 3.22. The van der Waals surface area contributed by atoms with Crippen LogP contribution >= 0.6 is 0 Å². The quantitative estimate of drug-likeness (QED) is 0.709. The van der Waals surface area contributed by atoms with E-state index in [0.717, 1.165) is 30.6 Å². The predicted molar refractivity (Wildman–Crippen MR) is 103 cm³/mol. The summed E-state index contributed by atoms with van der Waals surface area (Å²) in [5.41, 5.74) is 1.13. The molecule has 1 aromatic heterocycles. The van der Waals surface area contributed by atoms with Gasteiger partial charge in [0, 0.05) is 13.0 Å². The maximum absolute atomic E-state index is 12.5. The van der Waals surface area contributed by atoms with Gasteiger partial charge in [0.05, 0.1) is 13.7 Å². The molecule has 9 nitrogen and oxygen atoms in total. The third kappa shape index (κ3) is 5.69. The Labute approximate surface area is 169 Å². The number of esters is 1. The number of ether oxygens (including phenoxy) is 2. The number of carbonyl (C=O) groups excluding carboxylic acids is 2. The number of aromatic nitrogens is 2. The lowest BCUT2D eigenvalue weighted by Gasteiger charge is -2.33. The van der Waals surface area contributed by atoms with E-state index in [9.17, 15) is 9.59 Å². The molecule has 0 spiro atoms.